The van der Waals surface area contributed by atoms with Crippen molar-refractivity contribution in [3.05, 3.63) is 20.8 Å². The van der Waals surface area contributed by atoms with Crippen LogP contribution in [-0.4, -0.2) is 11.1 Å². The molecule has 1 aromatic heterocycles. The highest BCUT2D eigenvalue weighted by atomic mass is 79.9. The fourth-order valence-electron chi connectivity index (χ4n) is 2.30. The van der Waals surface area contributed by atoms with E-state index in [2.05, 4.69) is 15.9 Å². The summed E-state index contributed by atoms with van der Waals surface area (Å²) < 4.78 is 1.08. The number of hydrogen-bond donors (Lipinski definition) is 1. The summed E-state index contributed by atoms with van der Waals surface area (Å²) in [5, 5.41) is 9.32. The van der Waals surface area contributed by atoms with Crippen LogP contribution >= 0.6 is 27.3 Å². The molecule has 0 aliphatic heterocycles. The summed E-state index contributed by atoms with van der Waals surface area (Å²) in [5.41, 5.74) is -0.482. The highest BCUT2D eigenvalue weighted by molar-refractivity contribution is 9.11. The summed E-state index contributed by atoms with van der Waals surface area (Å²) in [6.45, 7) is 0. The molecule has 1 N–H and O–H groups in total. The van der Waals surface area contributed by atoms with Gasteiger partial charge in [-0.05, 0) is 47.3 Å². The molecule has 0 bridgehead atoms. The van der Waals surface area contributed by atoms with Crippen molar-refractivity contribution in [2.45, 2.75) is 32.1 Å². The first kappa shape index (κ1) is 11.1. The third-order valence-electron chi connectivity index (χ3n) is 3.16. The fraction of sp³-hybridized carbons (Fsp3) is 0.545. The topological polar surface area (TPSA) is 37.3 Å². The van der Waals surface area contributed by atoms with Crippen LogP contribution in [0.1, 0.15) is 30.6 Å². The third-order valence-corrected chi connectivity index (χ3v) is 4.78. The van der Waals surface area contributed by atoms with E-state index in [1.807, 2.05) is 12.1 Å². The van der Waals surface area contributed by atoms with E-state index >= 15 is 0 Å². The molecule has 15 heavy (non-hydrogen) atoms. The summed E-state index contributed by atoms with van der Waals surface area (Å²) in [6.07, 6.45) is 4.46. The van der Waals surface area contributed by atoms with Crippen LogP contribution in [0.3, 0.4) is 0 Å². The molecular formula is C11H13BrO2S. The number of rotatable bonds is 3. The Hall–Kier alpha value is -0.350. The lowest BCUT2D eigenvalue weighted by molar-refractivity contribution is -0.148. The van der Waals surface area contributed by atoms with Crippen molar-refractivity contribution in [3.63, 3.8) is 0 Å². The summed E-state index contributed by atoms with van der Waals surface area (Å²) in [4.78, 5) is 12.5. The van der Waals surface area contributed by atoms with Crippen molar-refractivity contribution in [3.8, 4) is 0 Å². The Labute approximate surface area is 101 Å². The van der Waals surface area contributed by atoms with E-state index in [0.29, 0.717) is 6.42 Å². The predicted molar refractivity (Wildman–Crippen MR) is 64.3 cm³/mol. The minimum atomic E-state index is -0.621. The number of aliphatic carboxylic acids is 1. The molecule has 1 saturated carbocycles. The van der Waals surface area contributed by atoms with Crippen LogP contribution < -0.4 is 0 Å². The molecule has 0 amide bonds. The van der Waals surface area contributed by atoms with E-state index in [-0.39, 0.29) is 0 Å². The molecule has 2 rings (SSSR count). The maximum atomic E-state index is 11.3. The molecule has 1 aliphatic carbocycles. The lowest BCUT2D eigenvalue weighted by Gasteiger charge is -2.22. The van der Waals surface area contributed by atoms with Crippen molar-refractivity contribution in [1.29, 1.82) is 0 Å². The normalized spacial score (nSPS) is 19.3. The summed E-state index contributed by atoms with van der Waals surface area (Å²) in [5.74, 6) is -0.621. The SMILES string of the molecule is O=C(O)C1(Cc2ccc(Br)s2)CCCC1. The Bertz CT molecular complexity index is 366. The number of thiophene rings is 1. The van der Waals surface area contributed by atoms with Crippen LogP contribution in [0.5, 0.6) is 0 Å². The van der Waals surface area contributed by atoms with Crippen LogP contribution in [0, 0.1) is 5.41 Å². The van der Waals surface area contributed by atoms with Crippen molar-refractivity contribution >= 4 is 33.2 Å². The Kier molecular flexibility index (Phi) is 3.16. The first-order valence-electron chi connectivity index (χ1n) is 5.10. The molecule has 0 radical (unpaired) electrons. The summed E-state index contributed by atoms with van der Waals surface area (Å²) in [6, 6.07) is 4.02. The van der Waals surface area contributed by atoms with Crippen molar-refractivity contribution in [1.82, 2.24) is 0 Å². The number of carbonyl (C=O) groups is 1. The summed E-state index contributed by atoms with van der Waals surface area (Å²) >= 11 is 5.05. The maximum absolute atomic E-state index is 11.3. The molecule has 1 heterocycles. The second-order valence-corrected chi connectivity index (χ2v) is 6.72. The van der Waals surface area contributed by atoms with E-state index in [1.165, 1.54) is 4.88 Å². The number of halogens is 1. The Morgan fingerprint density at radius 3 is 2.60 bits per heavy atom. The van der Waals surface area contributed by atoms with Gasteiger partial charge >= 0.3 is 5.97 Å². The molecule has 0 spiro atoms. The van der Waals surface area contributed by atoms with Gasteiger partial charge in [-0.2, -0.15) is 0 Å². The van der Waals surface area contributed by atoms with E-state index in [9.17, 15) is 9.90 Å². The zero-order chi connectivity index (χ0) is 10.9. The number of carboxylic acid groups (broad SMARTS) is 1. The first-order valence-corrected chi connectivity index (χ1v) is 6.71. The van der Waals surface area contributed by atoms with Gasteiger partial charge in [0.15, 0.2) is 0 Å². The number of hydrogen-bond acceptors (Lipinski definition) is 2. The highest BCUT2D eigenvalue weighted by Gasteiger charge is 2.41. The lowest BCUT2D eigenvalue weighted by atomic mass is 9.82. The van der Waals surface area contributed by atoms with E-state index in [4.69, 9.17) is 0 Å². The molecule has 0 saturated heterocycles. The van der Waals surface area contributed by atoms with E-state index < -0.39 is 11.4 Å². The van der Waals surface area contributed by atoms with Gasteiger partial charge < -0.3 is 5.11 Å². The van der Waals surface area contributed by atoms with E-state index in [0.717, 1.165) is 29.5 Å². The predicted octanol–water partition coefficient (Wildman–Crippen LogP) is 3.70. The second-order valence-electron chi connectivity index (χ2n) is 4.18. The first-order chi connectivity index (χ1) is 7.12. The lowest BCUT2D eigenvalue weighted by Crippen LogP contribution is -2.29. The van der Waals surface area contributed by atoms with Crippen LogP contribution in [0.2, 0.25) is 0 Å². The molecule has 0 atom stereocenters. The van der Waals surface area contributed by atoms with Gasteiger partial charge in [-0.3, -0.25) is 4.79 Å². The van der Waals surface area contributed by atoms with E-state index in [1.54, 1.807) is 11.3 Å². The average molecular weight is 289 g/mol. The number of carboxylic acids is 1. The molecule has 82 valence electrons. The largest absolute Gasteiger partial charge is 0.481 e. The molecule has 0 unspecified atom stereocenters. The molecule has 2 nitrogen and oxygen atoms in total. The second kappa shape index (κ2) is 4.26. The molecular weight excluding hydrogens is 276 g/mol. The molecule has 4 heteroatoms. The minimum Gasteiger partial charge on any atom is -0.481 e. The van der Waals surface area contributed by atoms with Gasteiger partial charge in [0.25, 0.3) is 0 Å². The zero-order valence-electron chi connectivity index (χ0n) is 8.33. The Balaban J connectivity index is 2.17. The van der Waals surface area contributed by atoms with Crippen LogP contribution in [0.4, 0.5) is 0 Å². The maximum Gasteiger partial charge on any atom is 0.309 e. The van der Waals surface area contributed by atoms with Gasteiger partial charge in [-0.1, -0.05) is 12.8 Å². The molecule has 0 aromatic carbocycles. The van der Waals surface area contributed by atoms with Gasteiger partial charge in [0, 0.05) is 4.88 Å². The van der Waals surface area contributed by atoms with Crippen LogP contribution in [0.15, 0.2) is 15.9 Å². The zero-order valence-corrected chi connectivity index (χ0v) is 10.7. The van der Waals surface area contributed by atoms with Gasteiger partial charge in [-0.15, -0.1) is 11.3 Å². The molecule has 1 aliphatic rings. The van der Waals surface area contributed by atoms with Crippen LogP contribution in [-0.2, 0) is 11.2 Å². The Morgan fingerprint density at radius 1 is 1.47 bits per heavy atom. The van der Waals surface area contributed by atoms with Gasteiger partial charge in [0.05, 0.1) is 9.20 Å². The third kappa shape index (κ3) is 2.26. The minimum absolute atomic E-state index is 0.482. The van der Waals surface area contributed by atoms with Crippen LogP contribution in [0.25, 0.3) is 0 Å². The standard InChI is InChI=1S/C11H13BrO2S/c12-9-4-3-8(15-9)7-11(10(13)14)5-1-2-6-11/h3-4H,1-2,5-7H2,(H,13,14). The highest BCUT2D eigenvalue weighted by Crippen LogP contribution is 2.42. The van der Waals surface area contributed by atoms with Gasteiger partial charge in [-0.25, -0.2) is 0 Å². The molecule has 1 fully saturated rings. The van der Waals surface area contributed by atoms with Gasteiger partial charge in [0.2, 0.25) is 0 Å². The van der Waals surface area contributed by atoms with Crippen molar-refractivity contribution < 1.29 is 9.90 Å². The van der Waals surface area contributed by atoms with Gasteiger partial charge in [0.1, 0.15) is 0 Å². The monoisotopic (exact) mass is 288 g/mol. The smallest absolute Gasteiger partial charge is 0.309 e. The average Bonchev–Trinajstić information content (AvgIpc) is 2.77. The fourth-order valence-corrected chi connectivity index (χ4v) is 3.93. The van der Waals surface area contributed by atoms with Crippen molar-refractivity contribution in [2.24, 2.45) is 5.41 Å². The van der Waals surface area contributed by atoms with Crippen molar-refractivity contribution in [2.75, 3.05) is 0 Å². The quantitative estimate of drug-likeness (QED) is 0.921. The summed E-state index contributed by atoms with van der Waals surface area (Å²) in [7, 11) is 0. The Morgan fingerprint density at radius 2 is 2.13 bits per heavy atom. The molecule has 1 aromatic rings.